The van der Waals surface area contributed by atoms with Gasteiger partial charge in [-0.3, -0.25) is 14.5 Å². The molecule has 32 heavy (non-hydrogen) atoms. The maximum Gasteiger partial charge on any atom is 0.259 e. The van der Waals surface area contributed by atoms with Gasteiger partial charge in [-0.2, -0.15) is 0 Å². The molecule has 1 aliphatic heterocycles. The molecule has 164 valence electrons. The van der Waals surface area contributed by atoms with Crippen LogP contribution in [0, 0.1) is 11.6 Å². The van der Waals surface area contributed by atoms with Crippen molar-refractivity contribution in [3.63, 3.8) is 0 Å². The zero-order chi connectivity index (χ0) is 23.2. The molecule has 1 atom stereocenters. The summed E-state index contributed by atoms with van der Waals surface area (Å²) in [4.78, 5) is 29.1. The van der Waals surface area contributed by atoms with Crippen LogP contribution in [-0.4, -0.2) is 26.0 Å². The minimum absolute atomic E-state index is 0.217. The van der Waals surface area contributed by atoms with Gasteiger partial charge in [0.1, 0.15) is 23.4 Å². The smallest absolute Gasteiger partial charge is 0.259 e. The summed E-state index contributed by atoms with van der Waals surface area (Å²) in [6.45, 7) is 0. The Bertz CT molecular complexity index is 1230. The molecule has 0 bridgehead atoms. The molecule has 4 rings (SSSR count). The average molecular weight is 477 g/mol. The van der Waals surface area contributed by atoms with E-state index in [1.165, 1.54) is 25.1 Å². The second kappa shape index (κ2) is 8.41. The number of benzene rings is 3. The fraction of sp³-hybridized carbons (Fsp3) is 0.130. The molecule has 2 amide bonds. The number of halogens is 4. The normalized spacial score (nSPS) is 15.0. The van der Waals surface area contributed by atoms with E-state index in [1.54, 1.807) is 36.4 Å². The first-order valence-electron chi connectivity index (χ1n) is 9.42. The number of rotatable bonds is 4. The molecule has 0 N–H and O–H groups in total. The number of amides is 2. The van der Waals surface area contributed by atoms with Crippen LogP contribution in [0.5, 0.6) is 5.75 Å². The molecule has 0 aliphatic carbocycles. The summed E-state index contributed by atoms with van der Waals surface area (Å²) in [5.41, 5.74) is 0.900. The van der Waals surface area contributed by atoms with Gasteiger partial charge in [0.15, 0.2) is 0 Å². The molecule has 1 aliphatic rings. The van der Waals surface area contributed by atoms with Crippen molar-refractivity contribution in [3.05, 3.63) is 87.4 Å². The summed E-state index contributed by atoms with van der Waals surface area (Å²) in [5.74, 6) is -2.37. The molecule has 0 spiro atoms. The van der Waals surface area contributed by atoms with Crippen molar-refractivity contribution in [3.8, 4) is 5.75 Å². The minimum Gasteiger partial charge on any atom is -0.497 e. The lowest BCUT2D eigenvalue weighted by Gasteiger charge is -2.29. The van der Waals surface area contributed by atoms with Crippen molar-refractivity contribution >= 4 is 46.4 Å². The van der Waals surface area contributed by atoms with Crippen LogP contribution < -0.4 is 14.5 Å². The number of carbonyl (C=O) groups is 2. The number of nitrogens with zero attached hydrogens (tertiary/aromatic N) is 2. The number of hydrogen-bond donors (Lipinski definition) is 0. The maximum absolute atomic E-state index is 14.5. The lowest BCUT2D eigenvalue weighted by molar-refractivity contribution is -0.119. The molecular formula is C23H16Cl2F2N2O3. The summed E-state index contributed by atoms with van der Waals surface area (Å²) in [5, 5.41) is 0.00679. The summed E-state index contributed by atoms with van der Waals surface area (Å²) in [6, 6.07) is 11.8. The predicted molar refractivity (Wildman–Crippen MR) is 119 cm³/mol. The molecule has 5 nitrogen and oxygen atoms in total. The second-order valence-corrected chi connectivity index (χ2v) is 7.97. The third-order valence-electron chi connectivity index (χ3n) is 5.28. The van der Waals surface area contributed by atoms with Crippen LogP contribution >= 0.6 is 23.2 Å². The van der Waals surface area contributed by atoms with Gasteiger partial charge in [0.2, 0.25) is 0 Å². The highest BCUT2D eigenvalue weighted by Crippen LogP contribution is 2.41. The van der Waals surface area contributed by atoms with Gasteiger partial charge >= 0.3 is 0 Å². The molecule has 3 aromatic carbocycles. The zero-order valence-electron chi connectivity index (χ0n) is 16.9. The second-order valence-electron chi connectivity index (χ2n) is 7.12. The van der Waals surface area contributed by atoms with E-state index in [4.69, 9.17) is 27.9 Å². The summed E-state index contributed by atoms with van der Waals surface area (Å²) in [7, 11) is 2.84. The van der Waals surface area contributed by atoms with E-state index in [1.807, 2.05) is 0 Å². The van der Waals surface area contributed by atoms with Crippen LogP contribution in [0.4, 0.5) is 20.2 Å². The zero-order valence-corrected chi connectivity index (χ0v) is 18.4. The molecule has 1 unspecified atom stereocenters. The van der Waals surface area contributed by atoms with Gasteiger partial charge in [0.05, 0.1) is 17.8 Å². The van der Waals surface area contributed by atoms with Crippen LogP contribution in [0.2, 0.25) is 10.0 Å². The highest BCUT2D eigenvalue weighted by atomic mass is 35.5. The molecule has 0 saturated carbocycles. The Morgan fingerprint density at radius 1 is 1.03 bits per heavy atom. The minimum atomic E-state index is -1.10. The molecule has 0 aromatic heterocycles. The topological polar surface area (TPSA) is 49.9 Å². The third kappa shape index (κ3) is 3.67. The Balaban J connectivity index is 1.81. The van der Waals surface area contributed by atoms with Gasteiger partial charge in [0, 0.05) is 29.4 Å². The lowest BCUT2D eigenvalue weighted by Crippen LogP contribution is -2.40. The number of hydrogen-bond acceptors (Lipinski definition) is 3. The first-order valence-corrected chi connectivity index (χ1v) is 10.2. The van der Waals surface area contributed by atoms with Gasteiger partial charge in [0.25, 0.3) is 11.8 Å². The van der Waals surface area contributed by atoms with Crippen molar-refractivity contribution in [1.82, 2.24) is 0 Å². The van der Waals surface area contributed by atoms with Gasteiger partial charge in [-0.25, -0.2) is 8.78 Å². The SMILES string of the molecule is COc1ccc(N2C(=O)c3cc(Cl)ccc3C2C(=O)N(C)c2cc(Cl)c(F)cc2F)cc1. The number of carbonyl (C=O) groups excluding carboxylic acids is 2. The van der Waals surface area contributed by atoms with Crippen LogP contribution in [-0.2, 0) is 4.79 Å². The van der Waals surface area contributed by atoms with Gasteiger partial charge in [-0.05, 0) is 48.0 Å². The highest BCUT2D eigenvalue weighted by molar-refractivity contribution is 6.32. The summed E-state index contributed by atoms with van der Waals surface area (Å²) < 4.78 is 33.2. The van der Waals surface area contributed by atoms with E-state index in [9.17, 15) is 18.4 Å². The van der Waals surface area contributed by atoms with Crippen molar-refractivity contribution < 1.29 is 23.1 Å². The molecule has 1 heterocycles. The lowest BCUT2D eigenvalue weighted by atomic mass is 10.0. The molecule has 3 aromatic rings. The van der Waals surface area contributed by atoms with E-state index < -0.39 is 29.5 Å². The third-order valence-corrected chi connectivity index (χ3v) is 5.81. The maximum atomic E-state index is 14.5. The number of methoxy groups -OCH3 is 1. The quantitative estimate of drug-likeness (QED) is 0.457. The van der Waals surface area contributed by atoms with Gasteiger partial charge in [-0.1, -0.05) is 29.3 Å². The van der Waals surface area contributed by atoms with E-state index in [-0.39, 0.29) is 16.3 Å². The van der Waals surface area contributed by atoms with Crippen LogP contribution in [0.3, 0.4) is 0 Å². The van der Waals surface area contributed by atoms with Crippen molar-refractivity contribution in [2.75, 3.05) is 24.0 Å². The fourth-order valence-corrected chi connectivity index (χ4v) is 3.99. The van der Waals surface area contributed by atoms with E-state index in [2.05, 4.69) is 0 Å². The Hall–Kier alpha value is -3.16. The molecule has 0 radical (unpaired) electrons. The Kier molecular flexibility index (Phi) is 5.79. The number of fused-ring (bicyclic) bond motifs is 1. The Labute approximate surface area is 192 Å². The highest BCUT2D eigenvalue weighted by Gasteiger charge is 2.43. The van der Waals surface area contributed by atoms with Crippen molar-refractivity contribution in [2.24, 2.45) is 0 Å². The van der Waals surface area contributed by atoms with Gasteiger partial charge < -0.3 is 9.64 Å². The van der Waals surface area contributed by atoms with Crippen LogP contribution in [0.15, 0.2) is 54.6 Å². The molecular weight excluding hydrogens is 461 g/mol. The number of likely N-dealkylation sites (N-methyl/N-ethyl adjacent to an activating group) is 1. The van der Waals surface area contributed by atoms with E-state index in [0.29, 0.717) is 28.1 Å². The van der Waals surface area contributed by atoms with Crippen LogP contribution in [0.1, 0.15) is 22.0 Å². The standard InChI is InChI=1S/C23H16Cl2F2N2O3/c1-28(20-10-17(25)18(26)11-19(20)27)23(31)21-15-8-3-12(24)9-16(15)22(30)29(21)13-4-6-14(32-2)7-5-13/h3-11,21H,1-2H3. The fourth-order valence-electron chi connectivity index (χ4n) is 3.66. The molecule has 9 heteroatoms. The number of anilines is 2. The number of ether oxygens (including phenoxy) is 1. The monoisotopic (exact) mass is 476 g/mol. The van der Waals surface area contributed by atoms with Crippen molar-refractivity contribution in [2.45, 2.75) is 6.04 Å². The largest absolute Gasteiger partial charge is 0.497 e. The van der Waals surface area contributed by atoms with Gasteiger partial charge in [-0.15, -0.1) is 0 Å². The summed E-state index contributed by atoms with van der Waals surface area (Å²) in [6.07, 6.45) is 0. The molecule has 0 saturated heterocycles. The predicted octanol–water partition coefficient (Wildman–Crippen LogP) is 5.64. The van der Waals surface area contributed by atoms with Crippen molar-refractivity contribution in [1.29, 1.82) is 0 Å². The van der Waals surface area contributed by atoms with Crippen LogP contribution in [0.25, 0.3) is 0 Å². The Morgan fingerprint density at radius 3 is 2.38 bits per heavy atom. The summed E-state index contributed by atoms with van der Waals surface area (Å²) >= 11 is 11.9. The molecule has 0 fully saturated rings. The van der Waals surface area contributed by atoms with E-state index in [0.717, 1.165) is 11.0 Å². The van der Waals surface area contributed by atoms with E-state index >= 15 is 0 Å². The first-order chi connectivity index (χ1) is 15.2. The average Bonchev–Trinajstić information content (AvgIpc) is 3.07. The first kappa shape index (κ1) is 22.0. The Morgan fingerprint density at radius 2 is 1.72 bits per heavy atom.